The molecule has 7 nitrogen and oxygen atoms in total. The number of hydrogen-bond acceptors (Lipinski definition) is 6. The van der Waals surface area contributed by atoms with Gasteiger partial charge in [0.2, 0.25) is 5.43 Å². The number of fused-ring (bicyclic) bond motifs is 4. The topological polar surface area (TPSA) is 64.6 Å². The molecule has 0 unspecified atom stereocenters. The predicted octanol–water partition coefficient (Wildman–Crippen LogP) is 3.09. The lowest BCUT2D eigenvalue weighted by atomic mass is 10.0. The van der Waals surface area contributed by atoms with Gasteiger partial charge in [-0.1, -0.05) is 6.07 Å². The van der Waals surface area contributed by atoms with Crippen LogP contribution in [0.25, 0.3) is 27.5 Å². The van der Waals surface area contributed by atoms with Crippen LogP contribution in [-0.2, 0) is 19.6 Å². The van der Waals surface area contributed by atoms with E-state index in [9.17, 15) is 9.90 Å². The van der Waals surface area contributed by atoms with E-state index in [2.05, 4.69) is 4.90 Å². The normalized spacial score (nSPS) is 12.4. The summed E-state index contributed by atoms with van der Waals surface area (Å²) in [7, 11) is 11.7. The van der Waals surface area contributed by atoms with Crippen molar-refractivity contribution in [2.75, 3.05) is 42.3 Å². The molecule has 0 aliphatic rings. The molecular weight excluding hydrogens is 392 g/mol. The molecule has 0 aliphatic carbocycles. The van der Waals surface area contributed by atoms with Gasteiger partial charge in [-0.2, -0.15) is 0 Å². The summed E-state index contributed by atoms with van der Waals surface area (Å²) in [5.41, 5.74) is 4.09. The number of rotatable bonds is 6. The summed E-state index contributed by atoms with van der Waals surface area (Å²) in [4.78, 5) is 19.8. The molecule has 1 N–H and O–H groups in total. The molecule has 4 rings (SSSR count). The lowest BCUT2D eigenvalue weighted by Crippen LogP contribution is -2.16. The highest BCUT2D eigenvalue weighted by Crippen LogP contribution is 2.35. The van der Waals surface area contributed by atoms with Crippen molar-refractivity contribution >= 4 is 27.5 Å². The Bertz CT molecular complexity index is 1330. The Morgan fingerprint density at radius 1 is 0.935 bits per heavy atom. The van der Waals surface area contributed by atoms with Crippen LogP contribution in [0.2, 0.25) is 0 Å². The Labute approximate surface area is 181 Å². The smallest absolute Gasteiger partial charge is 0.202 e. The van der Waals surface area contributed by atoms with Gasteiger partial charge in [-0.15, -0.1) is 0 Å². The molecule has 0 aliphatic heterocycles. The van der Waals surface area contributed by atoms with Crippen molar-refractivity contribution in [3.8, 4) is 5.75 Å². The third-order valence-corrected chi connectivity index (χ3v) is 5.43. The summed E-state index contributed by atoms with van der Waals surface area (Å²) < 4.78 is 8.50. The summed E-state index contributed by atoms with van der Waals surface area (Å²) in [6.07, 6.45) is 1.96. The van der Waals surface area contributed by atoms with Crippen LogP contribution < -0.4 is 5.43 Å². The fraction of sp³-hybridized carbons (Fsp3) is 0.375. The molecule has 0 spiro atoms. The lowest BCUT2D eigenvalue weighted by molar-refractivity contribution is 0.368. The minimum absolute atomic E-state index is 0.0648. The summed E-state index contributed by atoms with van der Waals surface area (Å²) in [5.74, 6) is 0.190. The van der Waals surface area contributed by atoms with Crippen molar-refractivity contribution in [2.45, 2.75) is 19.6 Å². The molecule has 31 heavy (non-hydrogen) atoms. The molecule has 0 saturated carbocycles. The van der Waals surface area contributed by atoms with Crippen LogP contribution in [0.3, 0.4) is 0 Å². The third kappa shape index (κ3) is 3.69. The number of hydrogen-bond donors (Lipinski definition) is 1. The van der Waals surface area contributed by atoms with Crippen LogP contribution in [0.5, 0.6) is 5.75 Å². The first kappa shape index (κ1) is 21.4. The SMILES string of the molecule is CN(C)Cc1cc2c(=O)c3c(oc2c(CN(C)C)c1O)c(CN(C)C)n1ccccc31. The first-order chi connectivity index (χ1) is 14.7. The fourth-order valence-electron chi connectivity index (χ4n) is 4.25. The van der Waals surface area contributed by atoms with E-state index >= 15 is 0 Å². The van der Waals surface area contributed by atoms with Crippen LogP contribution in [0.4, 0.5) is 0 Å². The van der Waals surface area contributed by atoms with E-state index in [0.29, 0.717) is 47.1 Å². The highest BCUT2D eigenvalue weighted by Gasteiger charge is 2.23. The van der Waals surface area contributed by atoms with Gasteiger partial charge in [0, 0.05) is 31.4 Å². The molecule has 0 atom stereocenters. The van der Waals surface area contributed by atoms with Gasteiger partial charge in [0.1, 0.15) is 11.3 Å². The molecule has 164 valence electrons. The maximum atomic E-state index is 13.8. The van der Waals surface area contributed by atoms with Crippen molar-refractivity contribution in [3.63, 3.8) is 0 Å². The molecule has 4 aromatic rings. The van der Waals surface area contributed by atoms with Crippen LogP contribution >= 0.6 is 0 Å². The number of benzene rings is 1. The van der Waals surface area contributed by atoms with Gasteiger partial charge in [-0.25, -0.2) is 0 Å². The largest absolute Gasteiger partial charge is 0.507 e. The van der Waals surface area contributed by atoms with Gasteiger partial charge >= 0.3 is 0 Å². The standard InChI is InChI=1S/C24H30N4O3/c1-25(2)12-15-11-16-22(30)20-18-9-7-8-10-28(18)19(14-27(5)6)24(20)31-23(16)17(21(15)29)13-26(3)4/h7-11,29H,12-14H2,1-6H3. The Morgan fingerprint density at radius 2 is 1.61 bits per heavy atom. The summed E-state index contributed by atoms with van der Waals surface area (Å²) in [6.45, 7) is 1.62. The van der Waals surface area contributed by atoms with Crippen LogP contribution in [-0.4, -0.2) is 66.5 Å². The van der Waals surface area contributed by atoms with Crippen molar-refractivity contribution in [1.82, 2.24) is 19.1 Å². The fourth-order valence-corrected chi connectivity index (χ4v) is 4.25. The van der Waals surface area contributed by atoms with Crippen LogP contribution in [0.1, 0.15) is 16.8 Å². The van der Waals surface area contributed by atoms with Crippen LogP contribution in [0.15, 0.2) is 39.7 Å². The van der Waals surface area contributed by atoms with Gasteiger partial charge in [-0.05, 0) is 60.5 Å². The molecule has 3 heterocycles. The average molecular weight is 423 g/mol. The second-order valence-electron chi connectivity index (χ2n) is 8.99. The van der Waals surface area contributed by atoms with Gasteiger partial charge in [0.15, 0.2) is 5.58 Å². The average Bonchev–Trinajstić information content (AvgIpc) is 2.99. The van der Waals surface area contributed by atoms with E-state index in [4.69, 9.17) is 4.42 Å². The monoisotopic (exact) mass is 422 g/mol. The number of aromatic hydroxyl groups is 1. The van der Waals surface area contributed by atoms with E-state index in [1.54, 1.807) is 6.07 Å². The number of pyridine rings is 1. The third-order valence-electron chi connectivity index (χ3n) is 5.43. The second kappa shape index (κ2) is 8.00. The maximum absolute atomic E-state index is 13.8. The van der Waals surface area contributed by atoms with Crippen molar-refractivity contribution < 1.29 is 9.52 Å². The molecule has 0 amide bonds. The molecule has 0 saturated heterocycles. The zero-order chi connectivity index (χ0) is 22.4. The van der Waals surface area contributed by atoms with E-state index in [-0.39, 0.29) is 11.2 Å². The summed E-state index contributed by atoms with van der Waals surface area (Å²) >= 11 is 0. The number of phenolic OH excluding ortho intramolecular Hbond substituents is 1. The predicted molar refractivity (Wildman–Crippen MR) is 125 cm³/mol. The minimum Gasteiger partial charge on any atom is -0.507 e. The first-order valence-corrected chi connectivity index (χ1v) is 10.4. The highest BCUT2D eigenvalue weighted by molar-refractivity contribution is 6.02. The molecule has 0 fully saturated rings. The van der Waals surface area contributed by atoms with Gasteiger partial charge < -0.3 is 28.6 Å². The zero-order valence-electron chi connectivity index (χ0n) is 19.1. The quantitative estimate of drug-likeness (QED) is 0.515. The lowest BCUT2D eigenvalue weighted by Gasteiger charge is -2.18. The van der Waals surface area contributed by atoms with Gasteiger partial charge in [0.05, 0.1) is 27.5 Å². The first-order valence-electron chi connectivity index (χ1n) is 10.4. The Morgan fingerprint density at radius 3 is 2.26 bits per heavy atom. The van der Waals surface area contributed by atoms with Gasteiger partial charge in [-0.3, -0.25) is 4.79 Å². The maximum Gasteiger partial charge on any atom is 0.202 e. The molecular formula is C24H30N4O3. The summed E-state index contributed by atoms with van der Waals surface area (Å²) in [5, 5.41) is 12.2. The van der Waals surface area contributed by atoms with Crippen molar-refractivity contribution in [1.29, 1.82) is 0 Å². The minimum atomic E-state index is -0.0648. The van der Waals surface area contributed by atoms with Crippen LogP contribution in [0, 0.1) is 0 Å². The molecule has 0 radical (unpaired) electrons. The van der Waals surface area contributed by atoms with E-state index in [1.165, 1.54) is 0 Å². The van der Waals surface area contributed by atoms with Crippen molar-refractivity contribution in [2.24, 2.45) is 0 Å². The van der Waals surface area contributed by atoms with E-state index < -0.39 is 0 Å². The summed E-state index contributed by atoms with van der Waals surface area (Å²) in [6, 6.07) is 7.62. The molecule has 7 heteroatoms. The zero-order valence-corrected chi connectivity index (χ0v) is 19.1. The molecule has 3 aromatic heterocycles. The Hall–Kier alpha value is -2.87. The molecule has 1 aromatic carbocycles. The van der Waals surface area contributed by atoms with E-state index in [1.807, 2.05) is 80.9 Å². The number of aromatic nitrogens is 1. The molecule has 0 bridgehead atoms. The number of nitrogens with zero attached hydrogens (tertiary/aromatic N) is 4. The van der Waals surface area contributed by atoms with Gasteiger partial charge in [0.25, 0.3) is 0 Å². The number of phenols is 1. The van der Waals surface area contributed by atoms with E-state index in [0.717, 1.165) is 16.8 Å². The second-order valence-corrected chi connectivity index (χ2v) is 8.99. The highest BCUT2D eigenvalue weighted by atomic mass is 16.3. The van der Waals surface area contributed by atoms with Crippen molar-refractivity contribution in [3.05, 3.63) is 57.5 Å². The Balaban J connectivity index is 2.18. The Kier molecular flexibility index (Phi) is 5.51.